The largest absolute Gasteiger partial charge is 0.472 e. The molecule has 9 nitrogen and oxygen atoms in total. The van der Waals surface area contributed by atoms with Crippen molar-refractivity contribution in [2.45, 2.75) is 258 Å². The molecule has 0 fully saturated rings. The number of allylic oxidation sites excluding steroid dienone is 11. The number of esters is 1. The second kappa shape index (κ2) is 50.0. The molecule has 0 rings (SSSR count). The van der Waals surface area contributed by atoms with Gasteiger partial charge in [-0.3, -0.25) is 18.6 Å². The fourth-order valence-corrected chi connectivity index (χ4v) is 8.71. The van der Waals surface area contributed by atoms with Gasteiger partial charge in [-0.2, -0.15) is 0 Å². The number of amides is 1. The summed E-state index contributed by atoms with van der Waals surface area (Å²) in [5, 5.41) is 3.03. The Morgan fingerprint density at radius 2 is 0.929 bits per heavy atom. The maximum atomic E-state index is 13.5. The minimum Gasteiger partial charge on any atom is -0.456 e. The number of ether oxygens (including phenoxy) is 1. The predicted octanol–water partition coefficient (Wildman–Crippen LogP) is 17.3. The summed E-state index contributed by atoms with van der Waals surface area (Å²) in [5.41, 5.74) is 0. The monoisotopic (exact) mass is 1000 g/mol. The Morgan fingerprint density at radius 3 is 1.39 bits per heavy atom. The lowest BCUT2D eigenvalue weighted by molar-refractivity contribution is -0.870. The number of nitrogens with zero attached hydrogens (tertiary/aromatic N) is 1. The number of carbonyl (C=O) groups is 2. The summed E-state index contributed by atoms with van der Waals surface area (Å²) in [6.45, 7) is 6.86. The van der Waals surface area contributed by atoms with E-state index >= 15 is 0 Å². The minimum absolute atomic E-state index is 0.0303. The molecule has 10 heteroatoms. The van der Waals surface area contributed by atoms with Crippen LogP contribution in [0.25, 0.3) is 0 Å². The molecule has 0 aliphatic heterocycles. The molecule has 0 aliphatic carbocycles. The van der Waals surface area contributed by atoms with Gasteiger partial charge in [0.2, 0.25) is 5.91 Å². The molecule has 1 amide bonds. The van der Waals surface area contributed by atoms with Gasteiger partial charge < -0.3 is 19.4 Å². The molecule has 0 spiro atoms. The summed E-state index contributed by atoms with van der Waals surface area (Å²) in [4.78, 5) is 37.6. The quantitative estimate of drug-likeness (QED) is 0.0205. The fourth-order valence-electron chi connectivity index (χ4n) is 7.98. The number of unbranched alkanes of at least 4 members (excludes halogenated alkanes) is 25. The summed E-state index contributed by atoms with van der Waals surface area (Å²) < 4.78 is 30.6. The highest BCUT2D eigenvalue weighted by atomic mass is 31.2. The van der Waals surface area contributed by atoms with Crippen LogP contribution in [0.3, 0.4) is 0 Å². The number of carbonyl (C=O) groups excluding carboxylic acids is 2. The first-order chi connectivity index (χ1) is 33.9. The van der Waals surface area contributed by atoms with E-state index in [2.05, 4.69) is 86.8 Å². The van der Waals surface area contributed by atoms with Crippen LogP contribution in [0, 0.1) is 0 Å². The van der Waals surface area contributed by atoms with E-state index in [-0.39, 0.29) is 31.5 Å². The zero-order valence-corrected chi connectivity index (χ0v) is 47.1. The van der Waals surface area contributed by atoms with Crippen LogP contribution in [-0.2, 0) is 27.9 Å². The van der Waals surface area contributed by atoms with Crippen molar-refractivity contribution in [2.75, 3.05) is 40.9 Å². The number of quaternary nitrogens is 1. The number of hydrogen-bond acceptors (Lipinski definition) is 6. The third-order valence-electron chi connectivity index (χ3n) is 12.4. The van der Waals surface area contributed by atoms with Crippen LogP contribution in [0.4, 0.5) is 0 Å². The summed E-state index contributed by atoms with van der Waals surface area (Å²) in [6.07, 6.45) is 63.3. The first kappa shape index (κ1) is 67.5. The van der Waals surface area contributed by atoms with Crippen molar-refractivity contribution in [3.63, 3.8) is 0 Å². The third kappa shape index (κ3) is 50.4. The normalized spacial score (nSPS) is 14.3. The Hall–Kier alpha value is -2.55. The van der Waals surface area contributed by atoms with Crippen LogP contribution in [0.2, 0.25) is 0 Å². The molecule has 0 saturated carbocycles. The summed E-state index contributed by atoms with van der Waals surface area (Å²) in [7, 11) is 1.46. The van der Waals surface area contributed by atoms with E-state index in [9.17, 15) is 19.0 Å². The molecule has 3 atom stereocenters. The van der Waals surface area contributed by atoms with Crippen molar-refractivity contribution < 1.29 is 37.3 Å². The first-order valence-corrected chi connectivity index (χ1v) is 30.3. The van der Waals surface area contributed by atoms with E-state index in [1.165, 1.54) is 128 Å². The lowest BCUT2D eigenvalue weighted by Crippen LogP contribution is -2.47. The molecule has 2 N–H and O–H groups in total. The van der Waals surface area contributed by atoms with Gasteiger partial charge >= 0.3 is 13.8 Å². The van der Waals surface area contributed by atoms with E-state index in [0.29, 0.717) is 23.9 Å². The zero-order valence-electron chi connectivity index (χ0n) is 46.2. The molecule has 0 heterocycles. The standard InChI is InChI=1S/C60H109N2O7P/c1-7-10-13-16-19-22-25-28-30-31-33-35-38-41-44-47-50-53-60(64)69-58(51-48-45-42-39-36-27-24-21-18-15-12-9-3)57(56-68-70(65,66)67-55-54-62(4,5)6)61-59(63)52-49-46-43-40-37-34-32-29-26-23-20-17-14-11-8-2/h10,13,19,22,28,30,33,35,41,44,48,51,57-58H,7-9,11-12,14-18,20-21,23-27,29,31-32,34,36-40,42-43,45-47,49-50,52-56H2,1-6H3,(H-,61,63,65,66)/p+1/b13-10-,22-19-,30-28-,35-33-,44-41-,51-48+. The lowest BCUT2D eigenvalue weighted by atomic mass is 10.0. The molecule has 0 aromatic carbocycles. The van der Waals surface area contributed by atoms with E-state index in [4.69, 9.17) is 13.8 Å². The Balaban J connectivity index is 5.44. The molecule has 0 bridgehead atoms. The average molecular weight is 1000 g/mol. The van der Waals surface area contributed by atoms with Crippen molar-refractivity contribution >= 4 is 19.7 Å². The van der Waals surface area contributed by atoms with Crippen molar-refractivity contribution in [1.82, 2.24) is 5.32 Å². The molecule has 0 radical (unpaired) electrons. The zero-order chi connectivity index (χ0) is 51.5. The highest BCUT2D eigenvalue weighted by Gasteiger charge is 2.30. The van der Waals surface area contributed by atoms with Gasteiger partial charge in [-0.05, 0) is 70.3 Å². The van der Waals surface area contributed by atoms with Gasteiger partial charge in [0, 0.05) is 12.8 Å². The second-order valence-electron chi connectivity index (χ2n) is 20.4. The van der Waals surface area contributed by atoms with E-state index < -0.39 is 20.0 Å². The number of phosphoric ester groups is 1. The van der Waals surface area contributed by atoms with Crippen LogP contribution in [0.5, 0.6) is 0 Å². The van der Waals surface area contributed by atoms with Gasteiger partial charge in [0.15, 0.2) is 0 Å². The second-order valence-corrected chi connectivity index (χ2v) is 21.9. The van der Waals surface area contributed by atoms with Gasteiger partial charge in [0.25, 0.3) is 0 Å². The predicted molar refractivity (Wildman–Crippen MR) is 300 cm³/mol. The van der Waals surface area contributed by atoms with Crippen LogP contribution in [-0.4, -0.2) is 74.3 Å². The fraction of sp³-hybridized carbons (Fsp3) is 0.767. The first-order valence-electron chi connectivity index (χ1n) is 28.8. The van der Waals surface area contributed by atoms with E-state index in [0.717, 1.165) is 77.0 Å². The molecule has 0 saturated heterocycles. The molecule has 0 aromatic rings. The minimum atomic E-state index is -4.46. The smallest absolute Gasteiger partial charge is 0.456 e. The van der Waals surface area contributed by atoms with Crippen LogP contribution < -0.4 is 5.32 Å². The van der Waals surface area contributed by atoms with Crippen LogP contribution in [0.15, 0.2) is 72.9 Å². The number of rotatable bonds is 51. The Kier molecular flexibility index (Phi) is 48.2. The molecular weight excluding hydrogens is 892 g/mol. The maximum absolute atomic E-state index is 13.5. The molecule has 0 aliphatic rings. The van der Waals surface area contributed by atoms with Gasteiger partial charge in [0.1, 0.15) is 19.3 Å². The van der Waals surface area contributed by atoms with Crippen molar-refractivity contribution in [3.05, 3.63) is 72.9 Å². The molecule has 70 heavy (non-hydrogen) atoms. The molecule has 0 aromatic heterocycles. The highest BCUT2D eigenvalue weighted by Crippen LogP contribution is 2.43. The average Bonchev–Trinajstić information content (AvgIpc) is 3.32. The van der Waals surface area contributed by atoms with E-state index in [1.54, 1.807) is 0 Å². The van der Waals surface area contributed by atoms with Gasteiger partial charge in [-0.15, -0.1) is 0 Å². The SMILES string of the molecule is CC/C=C\C/C=C\C/C=C\C/C=C\C/C=C\CCCC(=O)OC(/C=C/CCCCCCCCCCCC)C(COP(=O)(O)OCC[N+](C)(C)C)NC(=O)CCCCCCCCCCCCCCCCC. The Morgan fingerprint density at radius 1 is 0.514 bits per heavy atom. The topological polar surface area (TPSA) is 111 Å². The van der Waals surface area contributed by atoms with Crippen LogP contribution in [0.1, 0.15) is 245 Å². The van der Waals surface area contributed by atoms with Crippen molar-refractivity contribution in [2.24, 2.45) is 0 Å². The maximum Gasteiger partial charge on any atom is 0.472 e. The van der Waals surface area contributed by atoms with Gasteiger partial charge in [-0.1, -0.05) is 235 Å². The highest BCUT2D eigenvalue weighted by molar-refractivity contribution is 7.47. The van der Waals surface area contributed by atoms with Crippen molar-refractivity contribution in [1.29, 1.82) is 0 Å². The molecule has 406 valence electrons. The number of likely N-dealkylation sites (N-methyl/N-ethyl adjacent to an activating group) is 1. The summed E-state index contributed by atoms with van der Waals surface area (Å²) >= 11 is 0. The van der Waals surface area contributed by atoms with E-state index in [1.807, 2.05) is 33.3 Å². The number of nitrogens with one attached hydrogen (secondary N) is 1. The van der Waals surface area contributed by atoms with Gasteiger partial charge in [0.05, 0.1) is 33.8 Å². The van der Waals surface area contributed by atoms with Gasteiger partial charge in [-0.25, -0.2) is 4.57 Å². The Labute approximate surface area is 432 Å². The Bertz CT molecular complexity index is 1430. The van der Waals surface area contributed by atoms with Crippen LogP contribution >= 0.6 is 7.82 Å². The lowest BCUT2D eigenvalue weighted by Gasteiger charge is -2.27. The number of hydrogen-bond donors (Lipinski definition) is 2. The van der Waals surface area contributed by atoms with Crippen molar-refractivity contribution in [3.8, 4) is 0 Å². The summed E-state index contributed by atoms with van der Waals surface area (Å²) in [5.74, 6) is -0.571. The number of phosphoric acid groups is 1. The molecular formula is C60H110N2O7P+. The summed E-state index contributed by atoms with van der Waals surface area (Å²) in [6, 6.07) is -0.870. The third-order valence-corrected chi connectivity index (χ3v) is 13.4. The molecule has 3 unspecified atom stereocenters.